The van der Waals surface area contributed by atoms with Crippen molar-refractivity contribution in [2.75, 3.05) is 0 Å². The standard InChI is InChI=1S/C61H49N3O/c1-39-27-32-54(49(35-39)41-17-8-6-9-18-41)64-55-25-16-23-47(58(55)63-59(64)48-22-13-15-26-56(48)65)51-37-43(36-50-46-21-12-14-24-52(46)61(4,5)57(50)51)53-38-42(33-34-62-53)40-28-30-45(31-29-40)60(2,3)44-19-10-7-11-20-44/h6-38,65H,1-5H3/i1D3. The number of aryl methyl sites for hydroxylation is 1. The van der Waals surface area contributed by atoms with Gasteiger partial charge in [0.15, 0.2) is 0 Å². The van der Waals surface area contributed by atoms with Gasteiger partial charge in [0.2, 0.25) is 0 Å². The molecule has 0 amide bonds. The molecule has 65 heavy (non-hydrogen) atoms. The van der Waals surface area contributed by atoms with Gasteiger partial charge in [-0.05, 0) is 117 Å². The maximum Gasteiger partial charge on any atom is 0.149 e. The van der Waals surface area contributed by atoms with Crippen molar-refractivity contribution in [3.8, 4) is 78.6 Å². The molecule has 0 bridgehead atoms. The molecule has 0 spiro atoms. The molecule has 11 rings (SSSR count). The Bertz CT molecular complexity index is 3550. The van der Waals surface area contributed by atoms with Gasteiger partial charge in [0.25, 0.3) is 0 Å². The number of rotatable bonds is 8. The van der Waals surface area contributed by atoms with Crippen LogP contribution in [0.3, 0.4) is 0 Å². The first-order valence-corrected chi connectivity index (χ1v) is 22.2. The summed E-state index contributed by atoms with van der Waals surface area (Å²) in [6, 6.07) is 65.7. The Hall–Kier alpha value is -7.82. The molecule has 8 aromatic carbocycles. The maximum absolute atomic E-state index is 11.5. The van der Waals surface area contributed by atoms with Gasteiger partial charge in [0.05, 0.1) is 28.0 Å². The monoisotopic (exact) mass is 842 g/mol. The van der Waals surface area contributed by atoms with Crippen LogP contribution in [-0.4, -0.2) is 19.6 Å². The van der Waals surface area contributed by atoms with Crippen molar-refractivity contribution >= 4 is 11.0 Å². The number of hydrogen-bond acceptors (Lipinski definition) is 3. The Morgan fingerprint density at radius 2 is 1.20 bits per heavy atom. The summed E-state index contributed by atoms with van der Waals surface area (Å²) in [4.78, 5) is 10.5. The van der Waals surface area contributed by atoms with Gasteiger partial charge in [-0.1, -0.05) is 173 Å². The van der Waals surface area contributed by atoms with E-state index in [1.54, 1.807) is 24.3 Å². The Balaban J connectivity index is 1.13. The van der Waals surface area contributed by atoms with Crippen LogP contribution in [0.1, 0.15) is 59.6 Å². The molecule has 1 N–H and O–H groups in total. The lowest BCUT2D eigenvalue weighted by atomic mass is 9.78. The fourth-order valence-corrected chi connectivity index (χ4v) is 10.1. The molecule has 0 aliphatic heterocycles. The van der Waals surface area contributed by atoms with Gasteiger partial charge in [0, 0.05) is 37.8 Å². The summed E-state index contributed by atoms with van der Waals surface area (Å²) < 4.78 is 27.1. The predicted octanol–water partition coefficient (Wildman–Crippen LogP) is 15.4. The van der Waals surface area contributed by atoms with Crippen molar-refractivity contribution in [2.45, 2.75) is 45.4 Å². The summed E-state index contributed by atoms with van der Waals surface area (Å²) in [7, 11) is 0. The van der Waals surface area contributed by atoms with Crippen LogP contribution in [0.25, 0.3) is 83.9 Å². The van der Waals surface area contributed by atoms with E-state index in [1.165, 1.54) is 27.8 Å². The molecule has 0 saturated carbocycles. The fourth-order valence-electron chi connectivity index (χ4n) is 10.1. The molecule has 2 aromatic heterocycles. The lowest BCUT2D eigenvalue weighted by Crippen LogP contribution is -2.18. The molecule has 0 radical (unpaired) electrons. The summed E-state index contributed by atoms with van der Waals surface area (Å²) in [6.07, 6.45) is 1.90. The highest BCUT2D eigenvalue weighted by Crippen LogP contribution is 2.54. The minimum Gasteiger partial charge on any atom is -0.507 e. The highest BCUT2D eigenvalue weighted by Gasteiger charge is 2.39. The molecule has 0 atom stereocenters. The van der Waals surface area contributed by atoms with Gasteiger partial charge in [0.1, 0.15) is 11.6 Å². The summed E-state index contributed by atoms with van der Waals surface area (Å²) in [5.74, 6) is 0.623. The lowest BCUT2D eigenvalue weighted by Gasteiger charge is -2.26. The summed E-state index contributed by atoms with van der Waals surface area (Å²) >= 11 is 0. The van der Waals surface area contributed by atoms with Crippen molar-refractivity contribution in [1.29, 1.82) is 0 Å². The van der Waals surface area contributed by atoms with Gasteiger partial charge in [-0.15, -0.1) is 0 Å². The van der Waals surface area contributed by atoms with Crippen molar-refractivity contribution in [2.24, 2.45) is 0 Å². The van der Waals surface area contributed by atoms with Crippen LogP contribution in [0, 0.1) is 6.85 Å². The smallest absolute Gasteiger partial charge is 0.149 e. The molecule has 0 fully saturated rings. The second-order valence-electron chi connectivity index (χ2n) is 18.2. The molecule has 2 heterocycles. The minimum absolute atomic E-state index is 0.0888. The third-order valence-electron chi connectivity index (χ3n) is 13.6. The van der Waals surface area contributed by atoms with Crippen LogP contribution >= 0.6 is 0 Å². The molecule has 10 aromatic rings. The van der Waals surface area contributed by atoms with Crippen LogP contribution < -0.4 is 0 Å². The highest BCUT2D eigenvalue weighted by molar-refractivity contribution is 6.01. The second-order valence-corrected chi connectivity index (χ2v) is 18.2. The number of nitrogens with zero attached hydrogens (tertiary/aromatic N) is 3. The van der Waals surface area contributed by atoms with Crippen LogP contribution in [0.2, 0.25) is 0 Å². The number of phenols is 1. The minimum atomic E-state index is -2.32. The third kappa shape index (κ3) is 6.68. The van der Waals surface area contributed by atoms with Crippen LogP contribution in [0.4, 0.5) is 0 Å². The van der Waals surface area contributed by atoms with E-state index >= 15 is 0 Å². The average molecular weight is 843 g/mol. The Morgan fingerprint density at radius 3 is 1.95 bits per heavy atom. The fraction of sp³-hybridized carbons (Fsp3) is 0.115. The Kier molecular flexibility index (Phi) is 8.72. The van der Waals surface area contributed by atoms with E-state index in [0.717, 1.165) is 66.9 Å². The summed E-state index contributed by atoms with van der Waals surface area (Å²) in [6.45, 7) is 6.82. The van der Waals surface area contributed by atoms with E-state index in [-0.39, 0.29) is 22.1 Å². The van der Waals surface area contributed by atoms with Gasteiger partial charge in [-0.25, -0.2) is 4.98 Å². The molecular weight excluding hydrogens is 791 g/mol. The van der Waals surface area contributed by atoms with E-state index in [9.17, 15) is 5.11 Å². The van der Waals surface area contributed by atoms with E-state index in [0.29, 0.717) is 11.4 Å². The zero-order valence-corrected chi connectivity index (χ0v) is 36.8. The first-order chi connectivity index (χ1) is 32.8. The van der Waals surface area contributed by atoms with Gasteiger partial charge >= 0.3 is 0 Å². The normalized spacial score (nSPS) is 13.8. The molecule has 314 valence electrons. The van der Waals surface area contributed by atoms with E-state index in [4.69, 9.17) is 14.1 Å². The number of pyridine rings is 1. The number of aromatic nitrogens is 3. The molecule has 4 nitrogen and oxygen atoms in total. The number of hydrogen-bond donors (Lipinski definition) is 1. The lowest BCUT2D eigenvalue weighted by molar-refractivity contribution is 0.477. The number of aromatic hydroxyl groups is 1. The van der Waals surface area contributed by atoms with Crippen molar-refractivity contribution in [3.05, 3.63) is 228 Å². The first-order valence-electron chi connectivity index (χ1n) is 23.7. The SMILES string of the molecule is [2H]C([2H])([2H])c1ccc(-n2c(-c3ccccc3O)nc3c(-c4cc(-c5cc(-c6ccc(C(C)(C)c7ccccc7)cc6)ccn5)cc5c4C(C)(C)c4ccccc4-5)cccc32)c(-c2ccccc2)c1. The zero-order valence-electron chi connectivity index (χ0n) is 39.8. The van der Waals surface area contributed by atoms with Crippen LogP contribution in [0.15, 0.2) is 200 Å². The zero-order chi connectivity index (χ0) is 47.0. The molecule has 0 saturated heterocycles. The highest BCUT2D eigenvalue weighted by atomic mass is 16.3. The number of fused-ring (bicyclic) bond motifs is 4. The number of benzene rings is 8. The quantitative estimate of drug-likeness (QED) is 0.166. The van der Waals surface area contributed by atoms with Gasteiger partial charge in [-0.2, -0.15) is 0 Å². The van der Waals surface area contributed by atoms with E-state index < -0.39 is 6.85 Å². The van der Waals surface area contributed by atoms with E-state index in [2.05, 4.69) is 154 Å². The largest absolute Gasteiger partial charge is 0.507 e. The van der Waals surface area contributed by atoms with Crippen molar-refractivity contribution < 1.29 is 9.22 Å². The van der Waals surface area contributed by atoms with Gasteiger partial charge in [-0.3, -0.25) is 9.55 Å². The van der Waals surface area contributed by atoms with Crippen molar-refractivity contribution in [3.63, 3.8) is 0 Å². The third-order valence-corrected chi connectivity index (χ3v) is 13.6. The number of imidazole rings is 1. The molecular formula is C61H49N3O. The second kappa shape index (κ2) is 15.5. The van der Waals surface area contributed by atoms with E-state index in [1.807, 2.05) is 54.7 Å². The van der Waals surface area contributed by atoms with Crippen LogP contribution in [-0.2, 0) is 10.8 Å². The average Bonchev–Trinajstić information content (AvgIpc) is 3.86. The maximum atomic E-state index is 11.5. The summed E-state index contributed by atoms with van der Waals surface area (Å²) in [5, 5.41) is 11.5. The predicted molar refractivity (Wildman–Crippen MR) is 269 cm³/mol. The van der Waals surface area contributed by atoms with Crippen molar-refractivity contribution in [1.82, 2.24) is 14.5 Å². The molecule has 1 aliphatic carbocycles. The van der Waals surface area contributed by atoms with Gasteiger partial charge < -0.3 is 5.11 Å². The Labute approximate surface area is 385 Å². The Morgan fingerprint density at radius 1 is 0.538 bits per heavy atom. The first kappa shape index (κ1) is 36.6. The molecule has 4 heteroatoms. The summed E-state index contributed by atoms with van der Waals surface area (Å²) in [5.41, 5.74) is 17.5. The van der Waals surface area contributed by atoms with Crippen LogP contribution in [0.5, 0.6) is 5.75 Å². The molecule has 1 aliphatic rings. The molecule has 0 unspecified atom stereocenters. The number of phenolic OH excluding ortho intramolecular Hbond substituents is 1. The topological polar surface area (TPSA) is 50.9 Å². The number of para-hydroxylation sites is 2.